The highest BCUT2D eigenvalue weighted by atomic mass is 16.1. The molecule has 1 aromatic heterocycles. The Morgan fingerprint density at radius 2 is 2.25 bits per heavy atom. The number of unbranched alkanes of at least 4 members (excludes halogenated alkanes) is 3. The molecule has 16 heavy (non-hydrogen) atoms. The highest BCUT2D eigenvalue weighted by molar-refractivity contribution is 5.82. The summed E-state index contributed by atoms with van der Waals surface area (Å²) in [7, 11) is 0. The minimum atomic E-state index is 0.409. The summed E-state index contributed by atoms with van der Waals surface area (Å²) in [6.07, 6.45) is 9.82. The summed E-state index contributed by atoms with van der Waals surface area (Å²) >= 11 is 0. The first-order valence-electron chi connectivity index (χ1n) is 6.48. The number of carbonyl (C=O) groups excluding carboxylic acids is 1. The van der Waals surface area contributed by atoms with Crippen LogP contribution in [0.2, 0.25) is 0 Å². The van der Waals surface area contributed by atoms with E-state index in [1.54, 1.807) is 0 Å². The predicted molar refractivity (Wildman–Crippen MR) is 65.6 cm³/mol. The summed E-state index contributed by atoms with van der Waals surface area (Å²) < 4.78 is 2.31. The molecule has 0 N–H and O–H groups in total. The van der Waals surface area contributed by atoms with Crippen molar-refractivity contribution in [3.05, 3.63) is 24.0 Å². The number of ketones is 1. The highest BCUT2D eigenvalue weighted by Gasteiger charge is 2.23. The number of fused-ring (bicyclic) bond motifs is 1. The number of hydrogen-bond donors (Lipinski definition) is 0. The van der Waals surface area contributed by atoms with Crippen LogP contribution in [0.5, 0.6) is 0 Å². The van der Waals surface area contributed by atoms with Crippen LogP contribution in [0, 0.1) is 0 Å². The molecule has 0 aromatic carbocycles. The Bertz CT molecular complexity index is 353. The van der Waals surface area contributed by atoms with Gasteiger partial charge in [0, 0.05) is 30.8 Å². The van der Waals surface area contributed by atoms with Crippen LogP contribution in [0.15, 0.2) is 18.3 Å². The van der Waals surface area contributed by atoms with Crippen LogP contribution < -0.4 is 0 Å². The maximum absolute atomic E-state index is 11.6. The summed E-state index contributed by atoms with van der Waals surface area (Å²) in [4.78, 5) is 11.6. The van der Waals surface area contributed by atoms with Crippen molar-refractivity contribution in [3.8, 4) is 0 Å². The van der Waals surface area contributed by atoms with Gasteiger partial charge in [-0.15, -0.1) is 0 Å². The van der Waals surface area contributed by atoms with Crippen LogP contribution in [0.3, 0.4) is 0 Å². The molecule has 2 heterocycles. The third-order valence-electron chi connectivity index (χ3n) is 3.49. The molecular weight excluding hydrogens is 198 g/mol. The molecule has 1 atom stereocenters. The molecular formula is C14H21NO. The van der Waals surface area contributed by atoms with Crippen molar-refractivity contribution in [1.29, 1.82) is 0 Å². The van der Waals surface area contributed by atoms with Gasteiger partial charge in [-0.25, -0.2) is 0 Å². The zero-order valence-electron chi connectivity index (χ0n) is 10.1. The number of rotatable bonds is 5. The molecule has 1 aromatic rings. The first-order chi connectivity index (χ1) is 7.81. The SMILES string of the molecule is CCCCCC[C@@H]1CC(=O)Cc2cccn21. The largest absolute Gasteiger partial charge is 0.348 e. The van der Waals surface area contributed by atoms with Crippen LogP contribution in [0.1, 0.15) is 57.2 Å². The first-order valence-corrected chi connectivity index (χ1v) is 6.48. The summed E-state index contributed by atoms with van der Waals surface area (Å²) in [5, 5.41) is 0. The molecule has 0 saturated carbocycles. The number of aromatic nitrogens is 1. The van der Waals surface area contributed by atoms with E-state index in [-0.39, 0.29) is 0 Å². The third kappa shape index (κ3) is 2.55. The Balaban J connectivity index is 1.93. The van der Waals surface area contributed by atoms with E-state index in [0.29, 0.717) is 18.2 Å². The van der Waals surface area contributed by atoms with Crippen LogP contribution in [-0.2, 0) is 11.2 Å². The lowest BCUT2D eigenvalue weighted by molar-refractivity contribution is -0.120. The van der Waals surface area contributed by atoms with E-state index in [4.69, 9.17) is 0 Å². The molecule has 0 amide bonds. The smallest absolute Gasteiger partial charge is 0.140 e. The number of nitrogens with zero attached hydrogens (tertiary/aromatic N) is 1. The van der Waals surface area contributed by atoms with E-state index in [9.17, 15) is 4.79 Å². The fourth-order valence-corrected chi connectivity index (χ4v) is 2.62. The maximum atomic E-state index is 11.6. The molecule has 2 heteroatoms. The Labute approximate surface area is 97.7 Å². The van der Waals surface area contributed by atoms with E-state index in [0.717, 1.165) is 12.8 Å². The Kier molecular flexibility index (Phi) is 3.81. The van der Waals surface area contributed by atoms with E-state index in [1.165, 1.54) is 31.4 Å². The Morgan fingerprint density at radius 3 is 3.06 bits per heavy atom. The van der Waals surface area contributed by atoms with Gasteiger partial charge in [-0.2, -0.15) is 0 Å². The molecule has 0 bridgehead atoms. The lowest BCUT2D eigenvalue weighted by Crippen LogP contribution is -2.23. The van der Waals surface area contributed by atoms with Gasteiger partial charge in [-0.05, 0) is 18.6 Å². The maximum Gasteiger partial charge on any atom is 0.140 e. The molecule has 0 unspecified atom stereocenters. The quantitative estimate of drug-likeness (QED) is 0.694. The third-order valence-corrected chi connectivity index (χ3v) is 3.49. The van der Waals surface area contributed by atoms with Gasteiger partial charge >= 0.3 is 0 Å². The molecule has 0 spiro atoms. The summed E-state index contributed by atoms with van der Waals surface area (Å²) in [6, 6.07) is 4.58. The van der Waals surface area contributed by atoms with Crippen LogP contribution in [-0.4, -0.2) is 10.4 Å². The van der Waals surface area contributed by atoms with Gasteiger partial charge in [0.2, 0.25) is 0 Å². The molecule has 2 rings (SSSR count). The summed E-state index contributed by atoms with van der Waals surface area (Å²) in [5.41, 5.74) is 1.21. The monoisotopic (exact) mass is 219 g/mol. The van der Waals surface area contributed by atoms with Crippen LogP contribution in [0.4, 0.5) is 0 Å². The second-order valence-electron chi connectivity index (χ2n) is 4.83. The van der Waals surface area contributed by atoms with Crippen LogP contribution >= 0.6 is 0 Å². The predicted octanol–water partition coefficient (Wildman–Crippen LogP) is 3.51. The van der Waals surface area contributed by atoms with Gasteiger partial charge in [-0.1, -0.05) is 32.6 Å². The van der Waals surface area contributed by atoms with Gasteiger partial charge in [0.25, 0.3) is 0 Å². The minimum absolute atomic E-state index is 0.409. The molecule has 1 aliphatic rings. The lowest BCUT2D eigenvalue weighted by atomic mass is 9.97. The summed E-state index contributed by atoms with van der Waals surface area (Å²) in [6.45, 7) is 2.23. The average Bonchev–Trinajstić information content (AvgIpc) is 2.72. The normalized spacial score (nSPS) is 19.8. The second-order valence-corrected chi connectivity index (χ2v) is 4.83. The lowest BCUT2D eigenvalue weighted by Gasteiger charge is -2.25. The molecule has 0 fully saturated rings. The molecule has 0 saturated heterocycles. The number of carbonyl (C=O) groups is 1. The number of Topliss-reactive ketones (excluding diaryl/α,β-unsaturated/α-hetero) is 1. The van der Waals surface area contributed by atoms with Crippen molar-refractivity contribution >= 4 is 5.78 Å². The molecule has 2 nitrogen and oxygen atoms in total. The van der Waals surface area contributed by atoms with E-state index in [1.807, 2.05) is 0 Å². The summed E-state index contributed by atoms with van der Waals surface area (Å²) in [5.74, 6) is 0.409. The van der Waals surface area contributed by atoms with Gasteiger partial charge in [0.05, 0.1) is 0 Å². The van der Waals surface area contributed by atoms with E-state index < -0.39 is 0 Å². The Hall–Kier alpha value is -1.05. The van der Waals surface area contributed by atoms with Crippen molar-refractivity contribution in [2.75, 3.05) is 0 Å². The van der Waals surface area contributed by atoms with Gasteiger partial charge in [0.1, 0.15) is 5.78 Å². The van der Waals surface area contributed by atoms with Crippen molar-refractivity contribution in [2.24, 2.45) is 0 Å². The van der Waals surface area contributed by atoms with Gasteiger partial charge in [-0.3, -0.25) is 4.79 Å². The second kappa shape index (κ2) is 5.33. The molecule has 0 radical (unpaired) electrons. The first kappa shape index (κ1) is 11.4. The number of hydrogen-bond acceptors (Lipinski definition) is 1. The zero-order valence-corrected chi connectivity index (χ0v) is 10.1. The van der Waals surface area contributed by atoms with Crippen molar-refractivity contribution in [2.45, 2.75) is 57.9 Å². The van der Waals surface area contributed by atoms with Gasteiger partial charge < -0.3 is 4.57 Å². The van der Waals surface area contributed by atoms with Gasteiger partial charge in [0.15, 0.2) is 0 Å². The van der Waals surface area contributed by atoms with E-state index in [2.05, 4.69) is 29.8 Å². The van der Waals surface area contributed by atoms with Crippen molar-refractivity contribution in [1.82, 2.24) is 4.57 Å². The zero-order chi connectivity index (χ0) is 11.4. The highest BCUT2D eigenvalue weighted by Crippen LogP contribution is 2.27. The van der Waals surface area contributed by atoms with Crippen molar-refractivity contribution in [3.63, 3.8) is 0 Å². The van der Waals surface area contributed by atoms with Crippen molar-refractivity contribution < 1.29 is 4.79 Å². The molecule has 1 aliphatic heterocycles. The standard InChI is InChI=1S/C14H21NO/c1-2-3-4-5-7-12-10-14(16)11-13-8-6-9-15(12)13/h6,8-9,12H,2-5,7,10-11H2,1H3/t12-/m1/s1. The molecule has 88 valence electrons. The fourth-order valence-electron chi connectivity index (χ4n) is 2.62. The van der Waals surface area contributed by atoms with Crippen LogP contribution in [0.25, 0.3) is 0 Å². The topological polar surface area (TPSA) is 22.0 Å². The fraction of sp³-hybridized carbons (Fsp3) is 0.643. The minimum Gasteiger partial charge on any atom is -0.348 e. The van der Waals surface area contributed by atoms with E-state index >= 15 is 0 Å². The average molecular weight is 219 g/mol. The Morgan fingerprint density at radius 1 is 1.38 bits per heavy atom. The molecule has 0 aliphatic carbocycles.